The summed E-state index contributed by atoms with van der Waals surface area (Å²) in [5.41, 5.74) is 2.22. The second kappa shape index (κ2) is 10.0. The molecule has 1 atom stereocenters. The molecule has 3 N–H and O–H groups in total. The second-order valence-electron chi connectivity index (χ2n) is 8.63. The lowest BCUT2D eigenvalue weighted by atomic mass is 9.93. The Kier molecular flexibility index (Phi) is 7.33. The summed E-state index contributed by atoms with van der Waals surface area (Å²) in [6.07, 6.45) is -4.71. The van der Waals surface area contributed by atoms with Crippen LogP contribution in [0.2, 0.25) is 5.02 Å². The number of urea groups is 1. The summed E-state index contributed by atoms with van der Waals surface area (Å²) in [5.74, 6) is -0.319. The molecule has 36 heavy (non-hydrogen) atoms. The summed E-state index contributed by atoms with van der Waals surface area (Å²) in [4.78, 5) is 14.2. The van der Waals surface area contributed by atoms with Crippen molar-refractivity contribution in [3.05, 3.63) is 58.1 Å². The zero-order valence-corrected chi connectivity index (χ0v) is 21.1. The minimum absolute atomic E-state index is 0.0369. The van der Waals surface area contributed by atoms with E-state index in [1.807, 2.05) is 0 Å². The average molecular weight is 547 g/mol. The largest absolute Gasteiger partial charge is 0.573 e. The lowest BCUT2D eigenvalue weighted by Gasteiger charge is -2.42. The van der Waals surface area contributed by atoms with Gasteiger partial charge in [0.1, 0.15) is 0 Å². The highest BCUT2D eigenvalue weighted by Gasteiger charge is 2.36. The van der Waals surface area contributed by atoms with Gasteiger partial charge in [-0.3, -0.25) is 9.11 Å². The fourth-order valence-electron chi connectivity index (χ4n) is 4.27. The van der Waals surface area contributed by atoms with Crippen LogP contribution in [0.1, 0.15) is 23.6 Å². The van der Waals surface area contributed by atoms with Crippen molar-refractivity contribution in [2.24, 2.45) is 5.10 Å². The SMILES string of the molecule is CNC(=O)N1N=C(c2ccc(Cl)cc2)c2cc(N3CCS(O)(O)CC3)c(OC(F)(F)F)cc2CC1C. The van der Waals surface area contributed by atoms with Crippen molar-refractivity contribution in [2.75, 3.05) is 36.5 Å². The molecule has 2 aromatic carbocycles. The van der Waals surface area contributed by atoms with E-state index in [1.54, 1.807) is 42.2 Å². The summed E-state index contributed by atoms with van der Waals surface area (Å²) in [6.45, 7) is 2.04. The number of anilines is 1. The Balaban J connectivity index is 1.90. The number of carbonyl (C=O) groups excluding carboxylic acids is 1. The molecule has 0 aliphatic carbocycles. The third-order valence-corrected chi connectivity index (χ3v) is 7.99. The molecule has 0 spiro atoms. The van der Waals surface area contributed by atoms with Gasteiger partial charge in [0.2, 0.25) is 0 Å². The van der Waals surface area contributed by atoms with E-state index in [1.165, 1.54) is 18.1 Å². The fourth-order valence-corrected chi connectivity index (χ4v) is 5.62. The van der Waals surface area contributed by atoms with E-state index in [0.29, 0.717) is 27.4 Å². The van der Waals surface area contributed by atoms with Crippen LogP contribution in [-0.2, 0) is 6.42 Å². The van der Waals surface area contributed by atoms with Crippen LogP contribution in [0.3, 0.4) is 0 Å². The molecule has 2 heterocycles. The van der Waals surface area contributed by atoms with Gasteiger partial charge < -0.3 is 15.0 Å². The van der Waals surface area contributed by atoms with Gasteiger partial charge in [-0.15, -0.1) is 13.2 Å². The first-order valence-electron chi connectivity index (χ1n) is 11.1. The van der Waals surface area contributed by atoms with E-state index >= 15 is 0 Å². The number of fused-ring (bicyclic) bond motifs is 1. The fraction of sp³-hybridized carbons (Fsp3) is 0.391. The van der Waals surface area contributed by atoms with E-state index in [-0.39, 0.29) is 36.7 Å². The van der Waals surface area contributed by atoms with Crippen LogP contribution in [0, 0.1) is 0 Å². The lowest BCUT2D eigenvalue weighted by molar-refractivity contribution is -0.274. The molecule has 8 nitrogen and oxygen atoms in total. The number of halogens is 4. The molecule has 1 saturated heterocycles. The van der Waals surface area contributed by atoms with Crippen molar-refractivity contribution in [2.45, 2.75) is 25.7 Å². The van der Waals surface area contributed by atoms with Gasteiger partial charge in [0, 0.05) is 36.3 Å². The Morgan fingerprint density at radius 3 is 2.42 bits per heavy atom. The third-order valence-electron chi connectivity index (χ3n) is 6.06. The molecule has 1 unspecified atom stereocenters. The Bertz CT molecular complexity index is 1170. The predicted molar refractivity (Wildman–Crippen MR) is 134 cm³/mol. The molecular weight excluding hydrogens is 521 g/mol. The van der Waals surface area contributed by atoms with Crippen molar-refractivity contribution in [3.8, 4) is 5.75 Å². The number of carbonyl (C=O) groups is 1. The highest BCUT2D eigenvalue weighted by molar-refractivity contribution is 8.24. The Hall–Kier alpha value is -2.67. The molecule has 0 bridgehead atoms. The molecule has 4 rings (SSSR count). The minimum Gasteiger partial charge on any atom is -0.404 e. The summed E-state index contributed by atoms with van der Waals surface area (Å²) in [5, 5.41) is 8.93. The van der Waals surface area contributed by atoms with E-state index in [2.05, 4.69) is 15.2 Å². The zero-order valence-electron chi connectivity index (χ0n) is 19.5. The highest BCUT2D eigenvalue weighted by Crippen LogP contribution is 2.44. The number of ether oxygens (including phenoxy) is 1. The molecular formula is C23H26ClF3N4O4S. The summed E-state index contributed by atoms with van der Waals surface area (Å²) >= 11 is 6.06. The van der Waals surface area contributed by atoms with Crippen LogP contribution in [-0.4, -0.2) is 69.9 Å². The average Bonchev–Trinajstić information content (AvgIpc) is 2.93. The Labute approximate surface area is 213 Å². The van der Waals surface area contributed by atoms with Crippen LogP contribution < -0.4 is 15.0 Å². The molecule has 13 heteroatoms. The van der Waals surface area contributed by atoms with E-state index in [4.69, 9.17) is 11.6 Å². The molecule has 2 aliphatic heterocycles. The maximum absolute atomic E-state index is 13.4. The number of hydrogen-bond acceptors (Lipinski definition) is 6. The summed E-state index contributed by atoms with van der Waals surface area (Å²) in [6, 6.07) is 8.74. The molecule has 2 aliphatic rings. The van der Waals surface area contributed by atoms with Crippen LogP contribution >= 0.6 is 22.2 Å². The summed E-state index contributed by atoms with van der Waals surface area (Å²) in [7, 11) is -1.30. The first kappa shape index (κ1) is 26.4. The van der Waals surface area contributed by atoms with Crippen molar-refractivity contribution in [3.63, 3.8) is 0 Å². The van der Waals surface area contributed by atoms with E-state index in [0.717, 1.165) is 0 Å². The van der Waals surface area contributed by atoms with Crippen LogP contribution in [0.15, 0.2) is 41.5 Å². The predicted octanol–water partition coefficient (Wildman–Crippen LogP) is 5.15. The Morgan fingerprint density at radius 1 is 1.19 bits per heavy atom. The van der Waals surface area contributed by atoms with Gasteiger partial charge in [-0.25, -0.2) is 9.80 Å². The molecule has 0 saturated carbocycles. The monoisotopic (exact) mass is 546 g/mol. The highest BCUT2D eigenvalue weighted by atomic mass is 35.5. The molecule has 1 fully saturated rings. The number of rotatable bonds is 3. The van der Waals surface area contributed by atoms with Crippen LogP contribution in [0.4, 0.5) is 23.7 Å². The maximum Gasteiger partial charge on any atom is 0.573 e. The number of alkyl halides is 3. The Morgan fingerprint density at radius 2 is 1.83 bits per heavy atom. The van der Waals surface area contributed by atoms with E-state index < -0.39 is 34.8 Å². The van der Waals surface area contributed by atoms with Crippen molar-refractivity contribution in [1.82, 2.24) is 10.3 Å². The second-order valence-corrected chi connectivity index (χ2v) is 11.5. The van der Waals surface area contributed by atoms with Crippen LogP contribution in [0.5, 0.6) is 5.75 Å². The van der Waals surface area contributed by atoms with Crippen molar-refractivity contribution < 1.29 is 31.8 Å². The first-order valence-corrected chi connectivity index (χ1v) is 13.4. The first-order chi connectivity index (χ1) is 16.9. The lowest BCUT2D eigenvalue weighted by Crippen LogP contribution is -2.41. The zero-order chi connectivity index (χ0) is 26.3. The van der Waals surface area contributed by atoms with Gasteiger partial charge in [-0.2, -0.15) is 15.7 Å². The van der Waals surface area contributed by atoms with E-state index in [9.17, 15) is 27.1 Å². The van der Waals surface area contributed by atoms with Gasteiger partial charge >= 0.3 is 12.4 Å². The molecule has 196 valence electrons. The number of benzene rings is 2. The molecule has 0 radical (unpaired) electrons. The number of hydrazone groups is 1. The number of amides is 2. The third kappa shape index (κ3) is 5.83. The van der Waals surface area contributed by atoms with Gasteiger partial charge in [-0.05, 0) is 43.2 Å². The molecule has 2 aromatic rings. The smallest absolute Gasteiger partial charge is 0.404 e. The number of nitrogens with zero attached hydrogens (tertiary/aromatic N) is 3. The minimum atomic E-state index is -4.93. The van der Waals surface area contributed by atoms with Crippen molar-refractivity contribution in [1.29, 1.82) is 0 Å². The number of hydrogen-bond donors (Lipinski definition) is 3. The topological polar surface area (TPSA) is 97.6 Å². The quantitative estimate of drug-likeness (QED) is 0.495. The normalized spacial score (nSPS) is 20.7. The van der Waals surface area contributed by atoms with Gasteiger partial charge in [-0.1, -0.05) is 23.7 Å². The molecule has 0 aromatic heterocycles. The number of nitrogens with one attached hydrogen (secondary N) is 1. The summed E-state index contributed by atoms with van der Waals surface area (Å²) < 4.78 is 64.6. The van der Waals surface area contributed by atoms with Gasteiger partial charge in [0.25, 0.3) is 0 Å². The van der Waals surface area contributed by atoms with Gasteiger partial charge in [0.05, 0.1) is 28.9 Å². The molecule has 2 amide bonds. The van der Waals surface area contributed by atoms with Gasteiger partial charge in [0.15, 0.2) is 5.75 Å². The standard InChI is InChI=1S/C23H26ClF3N4O4S/c1-14-11-16-12-20(35-23(25,26)27)19(30-7-9-36(33,34)10-8-30)13-18(16)21(29-31(14)22(32)28-2)15-3-5-17(24)6-4-15/h3-6,12-14,33-34H,7-11H2,1-2H3,(H,28,32). The van der Waals surface area contributed by atoms with Crippen molar-refractivity contribution >= 4 is 39.6 Å². The maximum atomic E-state index is 13.4. The van der Waals surface area contributed by atoms with Crippen LogP contribution in [0.25, 0.3) is 0 Å².